The quantitative estimate of drug-likeness (QED) is 0.570. The van der Waals surface area contributed by atoms with Crippen molar-refractivity contribution in [2.24, 2.45) is 5.10 Å². The maximum absolute atomic E-state index is 12.3. The number of halogens is 3. The van der Waals surface area contributed by atoms with Gasteiger partial charge in [0.25, 0.3) is 0 Å². The molecule has 0 unspecified atom stereocenters. The van der Waals surface area contributed by atoms with Crippen LogP contribution in [0, 0.1) is 6.20 Å². The van der Waals surface area contributed by atoms with E-state index in [0.717, 1.165) is 11.3 Å². The van der Waals surface area contributed by atoms with Gasteiger partial charge < -0.3 is 0 Å². The highest BCUT2D eigenvalue weighted by atomic mass is 19.4. The fourth-order valence-corrected chi connectivity index (χ4v) is 0.980. The summed E-state index contributed by atoms with van der Waals surface area (Å²) in [6.07, 6.45) is 1.17. The Morgan fingerprint density at radius 2 is 2.23 bits per heavy atom. The summed E-state index contributed by atoms with van der Waals surface area (Å²) in [6, 6.07) is 0. The van der Waals surface area contributed by atoms with E-state index in [-0.39, 0.29) is 10.8 Å². The van der Waals surface area contributed by atoms with Crippen LogP contribution in [-0.2, 0) is 0 Å². The molecule has 1 radical (unpaired) electrons. The molecule has 2 aliphatic rings. The predicted molar refractivity (Wildman–Crippen MR) is 37.3 cm³/mol. The summed E-state index contributed by atoms with van der Waals surface area (Å²) in [5, 5.41) is 4.30. The standard InChI is InChI=1S/C6H4F3N4/c7-6(8,9)13-3-1-2-5-11-10-4-12(5)13/h1-2,4,11H. The minimum atomic E-state index is -4.49. The lowest BCUT2D eigenvalue weighted by atomic mass is 10.4. The third kappa shape index (κ3) is 1.21. The molecule has 0 amide bonds. The number of hydrogen-bond donors (Lipinski definition) is 1. The molecule has 0 bridgehead atoms. The average Bonchev–Trinajstić information content (AvgIpc) is 2.48. The first-order valence-electron chi connectivity index (χ1n) is 3.34. The topological polar surface area (TPSA) is 30.9 Å². The molecule has 2 rings (SSSR count). The molecule has 0 fully saturated rings. The Balaban J connectivity index is 2.28. The summed E-state index contributed by atoms with van der Waals surface area (Å²) in [4.78, 5) is 0. The second-order valence-electron chi connectivity index (χ2n) is 2.33. The van der Waals surface area contributed by atoms with Crippen molar-refractivity contribution in [3.8, 4) is 0 Å². The van der Waals surface area contributed by atoms with Crippen LogP contribution in [0.5, 0.6) is 0 Å². The molecule has 1 N–H and O–H groups in total. The minimum Gasteiger partial charge on any atom is -0.260 e. The molecule has 0 aromatic rings. The van der Waals surface area contributed by atoms with E-state index in [4.69, 9.17) is 0 Å². The number of nitrogens with zero attached hydrogens (tertiary/aromatic N) is 3. The highest BCUT2D eigenvalue weighted by molar-refractivity contribution is 5.60. The van der Waals surface area contributed by atoms with E-state index in [1.807, 2.05) is 6.20 Å². The lowest BCUT2D eigenvalue weighted by molar-refractivity contribution is -0.273. The highest BCUT2D eigenvalue weighted by Crippen LogP contribution is 2.27. The number of fused-ring (bicyclic) bond motifs is 1. The van der Waals surface area contributed by atoms with Crippen molar-refractivity contribution in [2.75, 3.05) is 0 Å². The summed E-state index contributed by atoms with van der Waals surface area (Å²) in [6.45, 7) is 0. The van der Waals surface area contributed by atoms with E-state index in [2.05, 4.69) is 10.5 Å². The van der Waals surface area contributed by atoms with Gasteiger partial charge in [0, 0.05) is 0 Å². The van der Waals surface area contributed by atoms with Crippen molar-refractivity contribution in [2.45, 2.75) is 6.30 Å². The van der Waals surface area contributed by atoms with Crippen molar-refractivity contribution in [1.82, 2.24) is 15.4 Å². The molecular weight excluding hydrogens is 185 g/mol. The number of alkyl halides is 3. The molecule has 2 heterocycles. The molecule has 7 heteroatoms. The number of hydrazine groups is 1. The van der Waals surface area contributed by atoms with Crippen molar-refractivity contribution >= 4 is 6.34 Å². The third-order valence-corrected chi connectivity index (χ3v) is 1.49. The summed E-state index contributed by atoms with van der Waals surface area (Å²) in [5.74, 6) is 0.246. The van der Waals surface area contributed by atoms with Crippen LogP contribution in [0.25, 0.3) is 0 Å². The first-order valence-corrected chi connectivity index (χ1v) is 3.34. The molecule has 0 aromatic heterocycles. The second kappa shape index (κ2) is 2.41. The Bertz CT molecular complexity index is 303. The lowest BCUT2D eigenvalue weighted by Crippen LogP contribution is -2.47. The van der Waals surface area contributed by atoms with E-state index in [1.165, 1.54) is 12.2 Å². The summed E-state index contributed by atoms with van der Waals surface area (Å²) >= 11 is 0. The number of nitrogens with one attached hydrogen (secondary N) is 1. The Morgan fingerprint density at radius 3 is 2.92 bits per heavy atom. The third-order valence-electron chi connectivity index (χ3n) is 1.49. The zero-order valence-electron chi connectivity index (χ0n) is 6.21. The number of hydrazone groups is 1. The molecular formula is C6H4F3N4. The van der Waals surface area contributed by atoms with Gasteiger partial charge in [-0.15, -0.1) is 13.2 Å². The van der Waals surface area contributed by atoms with E-state index < -0.39 is 6.30 Å². The van der Waals surface area contributed by atoms with Crippen LogP contribution in [0.1, 0.15) is 0 Å². The molecule has 0 spiro atoms. The van der Waals surface area contributed by atoms with Gasteiger partial charge in [0.2, 0.25) is 0 Å². The zero-order valence-corrected chi connectivity index (χ0v) is 6.21. The van der Waals surface area contributed by atoms with Gasteiger partial charge in [0.15, 0.2) is 0 Å². The molecule has 0 aromatic carbocycles. The van der Waals surface area contributed by atoms with Gasteiger partial charge in [-0.3, -0.25) is 5.43 Å². The van der Waals surface area contributed by atoms with Crippen molar-refractivity contribution < 1.29 is 13.2 Å². The largest absolute Gasteiger partial charge is 0.503 e. The van der Waals surface area contributed by atoms with Gasteiger partial charge in [0.05, 0.1) is 6.20 Å². The first kappa shape index (κ1) is 7.96. The molecule has 0 saturated heterocycles. The molecule has 0 atom stereocenters. The van der Waals surface area contributed by atoms with Crippen LogP contribution in [0.3, 0.4) is 0 Å². The van der Waals surface area contributed by atoms with Gasteiger partial charge in [0.1, 0.15) is 12.2 Å². The molecule has 13 heavy (non-hydrogen) atoms. The van der Waals surface area contributed by atoms with Crippen molar-refractivity contribution in [3.63, 3.8) is 0 Å². The highest BCUT2D eigenvalue weighted by Gasteiger charge is 2.42. The predicted octanol–water partition coefficient (Wildman–Crippen LogP) is 0.744. The van der Waals surface area contributed by atoms with Crippen LogP contribution in [0.4, 0.5) is 13.2 Å². The van der Waals surface area contributed by atoms with Crippen LogP contribution in [0.15, 0.2) is 23.1 Å². The van der Waals surface area contributed by atoms with E-state index in [0.29, 0.717) is 0 Å². The Labute approximate surface area is 71.6 Å². The van der Waals surface area contributed by atoms with E-state index in [1.54, 1.807) is 0 Å². The Kier molecular flexibility index (Phi) is 1.48. The van der Waals surface area contributed by atoms with Crippen LogP contribution in [-0.4, -0.2) is 22.7 Å². The SMILES string of the molecule is FC(F)(F)N1[C]=CC=C2NN=CN21. The smallest absolute Gasteiger partial charge is 0.260 e. The van der Waals surface area contributed by atoms with E-state index >= 15 is 0 Å². The molecule has 4 nitrogen and oxygen atoms in total. The zero-order chi connectivity index (χ0) is 9.47. The van der Waals surface area contributed by atoms with Crippen molar-refractivity contribution in [1.29, 1.82) is 0 Å². The van der Waals surface area contributed by atoms with Gasteiger partial charge in [-0.05, 0) is 12.2 Å². The Hall–Kier alpha value is -1.66. The molecule has 0 aliphatic carbocycles. The van der Waals surface area contributed by atoms with Crippen LogP contribution in [0.2, 0.25) is 0 Å². The first-order chi connectivity index (χ1) is 6.09. The number of rotatable bonds is 0. The summed E-state index contributed by atoms with van der Waals surface area (Å²) < 4.78 is 36.8. The fourth-order valence-electron chi connectivity index (χ4n) is 0.980. The van der Waals surface area contributed by atoms with E-state index in [9.17, 15) is 13.2 Å². The monoisotopic (exact) mass is 189 g/mol. The lowest BCUT2D eigenvalue weighted by Gasteiger charge is -2.31. The van der Waals surface area contributed by atoms with Gasteiger partial charge in [-0.2, -0.15) is 10.1 Å². The van der Waals surface area contributed by atoms with Crippen LogP contribution >= 0.6 is 0 Å². The molecule has 69 valence electrons. The fraction of sp³-hybridized carbons (Fsp3) is 0.167. The van der Waals surface area contributed by atoms with Gasteiger partial charge >= 0.3 is 6.30 Å². The molecule has 2 aliphatic heterocycles. The second-order valence-corrected chi connectivity index (χ2v) is 2.33. The van der Waals surface area contributed by atoms with Crippen LogP contribution < -0.4 is 5.43 Å². The molecule has 0 saturated carbocycles. The Morgan fingerprint density at radius 1 is 1.46 bits per heavy atom. The number of hydrogen-bond acceptors (Lipinski definition) is 4. The van der Waals surface area contributed by atoms with Gasteiger partial charge in [-0.1, -0.05) is 0 Å². The summed E-state index contributed by atoms with van der Waals surface area (Å²) in [7, 11) is 0. The maximum atomic E-state index is 12.3. The normalized spacial score (nSPS) is 20.1. The minimum absolute atomic E-state index is 0.00579. The van der Waals surface area contributed by atoms with Crippen molar-refractivity contribution in [3.05, 3.63) is 24.2 Å². The van der Waals surface area contributed by atoms with Gasteiger partial charge in [-0.25, -0.2) is 5.01 Å². The maximum Gasteiger partial charge on any atom is 0.503 e. The summed E-state index contributed by atoms with van der Waals surface area (Å²) in [5.41, 5.74) is 2.40. The average molecular weight is 189 g/mol. The number of allylic oxidation sites excluding steroid dienone is 2.